The highest BCUT2D eigenvalue weighted by atomic mass is 19.1. The summed E-state index contributed by atoms with van der Waals surface area (Å²) < 4.78 is 13.5. The lowest BCUT2D eigenvalue weighted by molar-refractivity contribution is 0.133. The summed E-state index contributed by atoms with van der Waals surface area (Å²) >= 11 is 0. The molecule has 1 fully saturated rings. The summed E-state index contributed by atoms with van der Waals surface area (Å²) in [6.45, 7) is 7.63. The Bertz CT molecular complexity index is 422. The van der Waals surface area contributed by atoms with E-state index in [1.807, 2.05) is 6.07 Å². The summed E-state index contributed by atoms with van der Waals surface area (Å²) in [6, 6.07) is 7.09. The highest BCUT2D eigenvalue weighted by Gasteiger charge is 2.35. The monoisotopic (exact) mass is 263 g/mol. The van der Waals surface area contributed by atoms with Gasteiger partial charge in [-0.2, -0.15) is 0 Å². The molecule has 2 N–H and O–H groups in total. The molecular formula is C17H26FN. The fraction of sp³-hybridized carbons (Fsp3) is 0.647. The Morgan fingerprint density at radius 2 is 2.00 bits per heavy atom. The first kappa shape index (κ1) is 14.5. The van der Waals surface area contributed by atoms with Gasteiger partial charge in [0, 0.05) is 0 Å². The van der Waals surface area contributed by atoms with Crippen molar-refractivity contribution in [2.75, 3.05) is 6.54 Å². The first-order valence-corrected chi connectivity index (χ1v) is 7.37. The molecule has 1 aliphatic rings. The van der Waals surface area contributed by atoms with Gasteiger partial charge in [-0.25, -0.2) is 4.39 Å². The van der Waals surface area contributed by atoms with Crippen molar-refractivity contribution >= 4 is 0 Å². The minimum absolute atomic E-state index is 0.133. The summed E-state index contributed by atoms with van der Waals surface area (Å²) in [5.74, 6) is 1.48. The van der Waals surface area contributed by atoms with Crippen molar-refractivity contribution < 1.29 is 4.39 Å². The van der Waals surface area contributed by atoms with Gasteiger partial charge in [0.25, 0.3) is 0 Å². The second kappa shape index (κ2) is 5.62. The Kier molecular flexibility index (Phi) is 4.29. The van der Waals surface area contributed by atoms with E-state index in [0.29, 0.717) is 29.7 Å². The molecule has 106 valence electrons. The summed E-state index contributed by atoms with van der Waals surface area (Å²) in [5, 5.41) is 0. The predicted octanol–water partition coefficient (Wildman–Crippen LogP) is 4.33. The van der Waals surface area contributed by atoms with Gasteiger partial charge in [0.05, 0.1) is 0 Å². The third-order valence-corrected chi connectivity index (χ3v) is 4.80. The lowest BCUT2D eigenvalue weighted by atomic mass is 9.64. The molecule has 0 radical (unpaired) electrons. The summed E-state index contributed by atoms with van der Waals surface area (Å²) in [5.41, 5.74) is 7.38. The molecule has 1 nitrogen and oxygen atoms in total. The van der Waals surface area contributed by atoms with E-state index in [4.69, 9.17) is 5.73 Å². The third kappa shape index (κ3) is 3.36. The highest BCUT2D eigenvalue weighted by molar-refractivity contribution is 5.22. The Balaban J connectivity index is 2.23. The van der Waals surface area contributed by atoms with Crippen LogP contribution in [0.3, 0.4) is 0 Å². The average molecular weight is 263 g/mol. The van der Waals surface area contributed by atoms with Crippen molar-refractivity contribution in [3.05, 3.63) is 35.6 Å². The van der Waals surface area contributed by atoms with E-state index >= 15 is 0 Å². The van der Waals surface area contributed by atoms with Crippen LogP contribution in [0.5, 0.6) is 0 Å². The Labute approximate surface area is 116 Å². The van der Waals surface area contributed by atoms with Crippen LogP contribution in [0.4, 0.5) is 4.39 Å². The van der Waals surface area contributed by atoms with E-state index < -0.39 is 0 Å². The molecule has 1 aliphatic carbocycles. The number of hydrogen-bond acceptors (Lipinski definition) is 1. The average Bonchev–Trinajstić information content (AvgIpc) is 2.37. The summed E-state index contributed by atoms with van der Waals surface area (Å²) in [4.78, 5) is 0. The first-order chi connectivity index (χ1) is 8.91. The molecule has 1 aromatic rings. The van der Waals surface area contributed by atoms with Gasteiger partial charge in [-0.3, -0.25) is 0 Å². The molecule has 0 aromatic heterocycles. The van der Waals surface area contributed by atoms with Crippen LogP contribution in [0, 0.1) is 23.1 Å². The largest absolute Gasteiger partial charge is 0.330 e. The molecule has 3 unspecified atom stereocenters. The van der Waals surface area contributed by atoms with Crippen LogP contribution in [0.15, 0.2) is 24.3 Å². The third-order valence-electron chi connectivity index (χ3n) is 4.80. The van der Waals surface area contributed by atoms with E-state index in [0.717, 1.165) is 12.0 Å². The quantitative estimate of drug-likeness (QED) is 0.844. The lowest BCUT2D eigenvalue weighted by Gasteiger charge is -2.42. The van der Waals surface area contributed by atoms with Crippen LogP contribution < -0.4 is 5.73 Å². The highest BCUT2D eigenvalue weighted by Crippen LogP contribution is 2.46. The molecule has 0 saturated heterocycles. The SMILES string of the molecule is CC(C)(C)C1CCC(CN)C(c2cccc(F)c2)C1. The topological polar surface area (TPSA) is 26.0 Å². The standard InChI is InChI=1S/C17H26FN/c1-17(2,3)14-8-7-13(11-19)16(10-14)12-5-4-6-15(18)9-12/h4-6,9,13-14,16H,7-8,10-11,19H2,1-3H3. The zero-order chi connectivity index (χ0) is 14.0. The van der Waals surface area contributed by atoms with E-state index in [2.05, 4.69) is 26.8 Å². The van der Waals surface area contributed by atoms with Crippen molar-refractivity contribution in [1.82, 2.24) is 0 Å². The number of hydrogen-bond donors (Lipinski definition) is 1. The van der Waals surface area contributed by atoms with Gasteiger partial charge in [0.1, 0.15) is 5.82 Å². The molecule has 3 atom stereocenters. The van der Waals surface area contributed by atoms with Crippen molar-refractivity contribution in [3.63, 3.8) is 0 Å². The lowest BCUT2D eigenvalue weighted by Crippen LogP contribution is -2.34. The maximum Gasteiger partial charge on any atom is 0.123 e. The van der Waals surface area contributed by atoms with Crippen LogP contribution >= 0.6 is 0 Å². The van der Waals surface area contributed by atoms with Gasteiger partial charge in [-0.15, -0.1) is 0 Å². The minimum atomic E-state index is -0.133. The van der Waals surface area contributed by atoms with Crippen LogP contribution in [0.2, 0.25) is 0 Å². The molecule has 0 spiro atoms. The zero-order valence-corrected chi connectivity index (χ0v) is 12.3. The Hall–Kier alpha value is -0.890. The van der Waals surface area contributed by atoms with Gasteiger partial charge in [0.2, 0.25) is 0 Å². The van der Waals surface area contributed by atoms with Gasteiger partial charge < -0.3 is 5.73 Å². The Morgan fingerprint density at radius 3 is 2.58 bits per heavy atom. The van der Waals surface area contributed by atoms with Crippen LogP contribution in [0.1, 0.15) is 51.5 Å². The smallest absolute Gasteiger partial charge is 0.123 e. The molecule has 19 heavy (non-hydrogen) atoms. The second-order valence-corrected chi connectivity index (χ2v) is 7.03. The molecule has 0 amide bonds. The number of nitrogens with two attached hydrogens (primary N) is 1. The van der Waals surface area contributed by atoms with Gasteiger partial charge in [0.15, 0.2) is 0 Å². The molecule has 2 heteroatoms. The molecule has 1 saturated carbocycles. The molecule has 0 aliphatic heterocycles. The van der Waals surface area contributed by atoms with E-state index in [-0.39, 0.29) is 5.82 Å². The zero-order valence-electron chi connectivity index (χ0n) is 12.3. The summed E-state index contributed by atoms with van der Waals surface area (Å²) in [7, 11) is 0. The van der Waals surface area contributed by atoms with Gasteiger partial charge in [-0.05, 0) is 66.7 Å². The number of halogens is 1. The normalized spacial score (nSPS) is 28.4. The van der Waals surface area contributed by atoms with Gasteiger partial charge >= 0.3 is 0 Å². The van der Waals surface area contributed by atoms with Crippen LogP contribution in [0.25, 0.3) is 0 Å². The van der Waals surface area contributed by atoms with Crippen LogP contribution in [-0.2, 0) is 0 Å². The molecule has 1 aromatic carbocycles. The van der Waals surface area contributed by atoms with Crippen LogP contribution in [-0.4, -0.2) is 6.54 Å². The number of benzene rings is 1. The fourth-order valence-corrected chi connectivity index (χ4v) is 3.45. The van der Waals surface area contributed by atoms with Crippen molar-refractivity contribution in [1.29, 1.82) is 0 Å². The van der Waals surface area contributed by atoms with Crippen molar-refractivity contribution in [2.24, 2.45) is 23.0 Å². The van der Waals surface area contributed by atoms with E-state index in [9.17, 15) is 4.39 Å². The van der Waals surface area contributed by atoms with E-state index in [1.165, 1.54) is 18.9 Å². The number of rotatable bonds is 2. The molecule has 0 bridgehead atoms. The first-order valence-electron chi connectivity index (χ1n) is 7.37. The van der Waals surface area contributed by atoms with E-state index in [1.54, 1.807) is 6.07 Å². The van der Waals surface area contributed by atoms with Crippen molar-refractivity contribution in [2.45, 2.75) is 46.0 Å². The second-order valence-electron chi connectivity index (χ2n) is 7.03. The van der Waals surface area contributed by atoms with Crippen molar-refractivity contribution in [3.8, 4) is 0 Å². The predicted molar refractivity (Wildman–Crippen MR) is 78.5 cm³/mol. The fourth-order valence-electron chi connectivity index (χ4n) is 3.45. The maximum absolute atomic E-state index is 13.5. The summed E-state index contributed by atoms with van der Waals surface area (Å²) in [6.07, 6.45) is 3.55. The Morgan fingerprint density at radius 1 is 1.26 bits per heavy atom. The molecular weight excluding hydrogens is 237 g/mol. The molecule has 2 rings (SSSR count). The molecule has 0 heterocycles. The maximum atomic E-state index is 13.5. The minimum Gasteiger partial charge on any atom is -0.330 e. The van der Waals surface area contributed by atoms with Gasteiger partial charge in [-0.1, -0.05) is 32.9 Å².